The molecule has 4 rings (SSSR count). The minimum Gasteiger partial charge on any atom is -0.352 e. The highest BCUT2D eigenvalue weighted by atomic mass is 32.2. The molecule has 2 heterocycles. The molecule has 132 valence electrons. The van der Waals surface area contributed by atoms with Gasteiger partial charge < -0.3 is 4.90 Å². The zero-order valence-corrected chi connectivity index (χ0v) is 15.4. The summed E-state index contributed by atoms with van der Waals surface area (Å²) in [6.07, 6.45) is 1.05. The first-order valence-corrected chi connectivity index (χ1v) is 9.34. The quantitative estimate of drug-likeness (QED) is 0.353. The molecule has 0 fully saturated rings. The Kier molecular flexibility index (Phi) is 5.20. The van der Waals surface area contributed by atoms with Crippen LogP contribution in [-0.2, 0) is 22.2 Å². The molecular weight excluding hydrogens is 344 g/mol. The van der Waals surface area contributed by atoms with Crippen molar-refractivity contribution in [3.05, 3.63) is 77.9 Å². The van der Waals surface area contributed by atoms with Gasteiger partial charge in [0, 0.05) is 23.5 Å². The van der Waals surface area contributed by atoms with E-state index in [1.807, 2.05) is 12.1 Å². The number of hydrogen-bond acceptors (Lipinski definition) is 5. The minimum absolute atomic E-state index is 0.897. The summed E-state index contributed by atoms with van der Waals surface area (Å²) in [6.45, 7) is 1.92. The van der Waals surface area contributed by atoms with Crippen molar-refractivity contribution in [1.29, 1.82) is 0 Å². The Bertz CT molecular complexity index is 869. The molecule has 1 aliphatic heterocycles. The molecule has 0 amide bonds. The van der Waals surface area contributed by atoms with Crippen LogP contribution < -0.4 is 4.90 Å². The van der Waals surface area contributed by atoms with E-state index in [2.05, 4.69) is 64.4 Å². The molecule has 0 saturated carbocycles. The van der Waals surface area contributed by atoms with Gasteiger partial charge in [0.25, 0.3) is 0 Å². The van der Waals surface area contributed by atoms with Crippen LogP contribution in [0.2, 0.25) is 0 Å². The van der Waals surface area contributed by atoms with Crippen molar-refractivity contribution < 1.29 is 9.22 Å². The number of pyridine rings is 1. The Morgan fingerprint density at radius 1 is 1.00 bits per heavy atom. The third-order valence-electron chi connectivity index (χ3n) is 4.47. The molecule has 1 aromatic heterocycles. The zero-order chi connectivity index (χ0) is 17.8. The summed E-state index contributed by atoms with van der Waals surface area (Å²) in [7, 11) is 1.50. The van der Waals surface area contributed by atoms with E-state index in [9.17, 15) is 0 Å². The Labute approximate surface area is 157 Å². The van der Waals surface area contributed by atoms with E-state index >= 15 is 0 Å². The lowest BCUT2D eigenvalue weighted by Crippen LogP contribution is -2.20. The Morgan fingerprint density at radius 2 is 1.81 bits per heavy atom. The van der Waals surface area contributed by atoms with Crippen LogP contribution in [-0.4, -0.2) is 18.6 Å². The Balaban J connectivity index is 1.55. The number of fused-ring (bicyclic) bond motifs is 1. The molecule has 5 heteroatoms. The van der Waals surface area contributed by atoms with Crippen LogP contribution in [0.1, 0.15) is 11.1 Å². The summed E-state index contributed by atoms with van der Waals surface area (Å²) in [5, 5.41) is 0. The van der Waals surface area contributed by atoms with E-state index in [1.165, 1.54) is 30.3 Å². The summed E-state index contributed by atoms with van der Waals surface area (Å²) in [4.78, 5) is 12.9. The molecule has 1 aliphatic rings. The molecule has 0 radical (unpaired) electrons. The smallest absolute Gasteiger partial charge is 0.132 e. The third kappa shape index (κ3) is 3.75. The van der Waals surface area contributed by atoms with Crippen LogP contribution in [0.15, 0.2) is 71.6 Å². The lowest BCUT2D eigenvalue weighted by Gasteiger charge is -2.19. The largest absolute Gasteiger partial charge is 0.352 e. The third-order valence-corrected chi connectivity index (χ3v) is 5.14. The molecule has 3 aromatic rings. The van der Waals surface area contributed by atoms with Gasteiger partial charge in [-0.25, -0.2) is 9.87 Å². The van der Waals surface area contributed by atoms with Crippen molar-refractivity contribution in [3.63, 3.8) is 0 Å². The standard InChI is InChI=1S/C21H20N2O2S/c1-24-25-26-19-10-7-17(8-11-19)20-12-9-18-13-14-23(21(18)22-20)15-16-5-3-2-4-6-16/h2-12H,13-15H2,1H3. The molecule has 2 aromatic carbocycles. The average molecular weight is 364 g/mol. The van der Waals surface area contributed by atoms with Gasteiger partial charge >= 0.3 is 0 Å². The monoisotopic (exact) mass is 364 g/mol. The number of nitrogens with zero attached hydrogens (tertiary/aromatic N) is 2. The van der Waals surface area contributed by atoms with Gasteiger partial charge in [-0.05, 0) is 35.7 Å². The normalized spacial score (nSPS) is 13.0. The lowest BCUT2D eigenvalue weighted by atomic mass is 10.1. The first-order valence-electron chi connectivity index (χ1n) is 8.60. The molecule has 0 saturated heterocycles. The molecule has 4 nitrogen and oxygen atoms in total. The van der Waals surface area contributed by atoms with E-state index in [1.54, 1.807) is 0 Å². The highest BCUT2D eigenvalue weighted by Gasteiger charge is 2.21. The van der Waals surface area contributed by atoms with E-state index < -0.39 is 0 Å². The fraction of sp³-hybridized carbons (Fsp3) is 0.190. The van der Waals surface area contributed by atoms with Gasteiger partial charge in [0.15, 0.2) is 0 Å². The summed E-state index contributed by atoms with van der Waals surface area (Å²) in [5.74, 6) is 1.10. The Hall–Kier alpha value is -2.34. The van der Waals surface area contributed by atoms with Crippen LogP contribution in [0.25, 0.3) is 11.3 Å². The zero-order valence-electron chi connectivity index (χ0n) is 14.6. The van der Waals surface area contributed by atoms with E-state index in [0.717, 1.165) is 41.5 Å². The lowest BCUT2D eigenvalue weighted by molar-refractivity contribution is -0.160. The highest BCUT2D eigenvalue weighted by molar-refractivity contribution is 7.94. The number of aromatic nitrogens is 1. The van der Waals surface area contributed by atoms with Crippen molar-refractivity contribution in [2.24, 2.45) is 0 Å². The van der Waals surface area contributed by atoms with Gasteiger partial charge in [0.2, 0.25) is 0 Å². The van der Waals surface area contributed by atoms with Crippen LogP contribution in [0.5, 0.6) is 0 Å². The topological polar surface area (TPSA) is 34.6 Å². The fourth-order valence-corrected chi connectivity index (χ4v) is 3.57. The minimum atomic E-state index is 0.897. The second-order valence-corrected chi connectivity index (χ2v) is 6.95. The first-order chi connectivity index (χ1) is 12.8. The van der Waals surface area contributed by atoms with E-state index in [4.69, 9.17) is 9.32 Å². The van der Waals surface area contributed by atoms with Gasteiger partial charge in [-0.15, -0.1) is 0 Å². The molecular formula is C21H20N2O2S. The van der Waals surface area contributed by atoms with Gasteiger partial charge in [0.1, 0.15) is 5.82 Å². The SMILES string of the molecule is COOSc1ccc(-c2ccc3c(n2)N(Cc2ccccc2)CC3)cc1. The molecule has 0 spiro atoms. The van der Waals surface area contributed by atoms with Crippen LogP contribution >= 0.6 is 12.0 Å². The molecule has 0 N–H and O–H groups in total. The molecule has 0 unspecified atom stereocenters. The van der Waals surface area contributed by atoms with Crippen molar-refractivity contribution in [2.75, 3.05) is 18.6 Å². The second-order valence-electron chi connectivity index (χ2n) is 6.18. The maximum atomic E-state index is 4.96. The number of anilines is 1. The number of benzene rings is 2. The van der Waals surface area contributed by atoms with Gasteiger partial charge in [-0.3, -0.25) is 0 Å². The maximum absolute atomic E-state index is 4.96. The number of rotatable bonds is 6. The van der Waals surface area contributed by atoms with Crippen molar-refractivity contribution in [1.82, 2.24) is 4.98 Å². The van der Waals surface area contributed by atoms with Crippen LogP contribution in [0.3, 0.4) is 0 Å². The first kappa shape index (κ1) is 17.1. The van der Waals surface area contributed by atoms with Crippen molar-refractivity contribution in [3.8, 4) is 11.3 Å². The van der Waals surface area contributed by atoms with Crippen LogP contribution in [0, 0.1) is 0 Å². The fourth-order valence-electron chi connectivity index (χ4n) is 3.18. The summed E-state index contributed by atoms with van der Waals surface area (Å²) in [5.41, 5.74) is 4.73. The van der Waals surface area contributed by atoms with Crippen molar-refractivity contribution in [2.45, 2.75) is 17.9 Å². The van der Waals surface area contributed by atoms with Gasteiger partial charge in [-0.1, -0.05) is 48.5 Å². The van der Waals surface area contributed by atoms with E-state index in [0.29, 0.717) is 0 Å². The summed E-state index contributed by atoms with van der Waals surface area (Å²) < 4.78 is 4.89. The maximum Gasteiger partial charge on any atom is 0.132 e. The predicted octanol–water partition coefficient (Wildman–Crippen LogP) is 4.90. The van der Waals surface area contributed by atoms with Gasteiger partial charge in [0.05, 0.1) is 24.8 Å². The van der Waals surface area contributed by atoms with E-state index in [-0.39, 0.29) is 0 Å². The average Bonchev–Trinajstić information content (AvgIpc) is 3.09. The van der Waals surface area contributed by atoms with Crippen LogP contribution in [0.4, 0.5) is 5.82 Å². The molecule has 0 aliphatic carbocycles. The van der Waals surface area contributed by atoms with Crippen molar-refractivity contribution >= 4 is 17.9 Å². The molecule has 0 atom stereocenters. The predicted molar refractivity (Wildman–Crippen MR) is 105 cm³/mol. The Morgan fingerprint density at radius 3 is 2.58 bits per heavy atom. The number of hydrogen-bond donors (Lipinski definition) is 0. The summed E-state index contributed by atoms with van der Waals surface area (Å²) >= 11 is 1.20. The molecule has 26 heavy (non-hydrogen) atoms. The second kappa shape index (κ2) is 7.91. The molecule has 0 bridgehead atoms. The highest BCUT2D eigenvalue weighted by Crippen LogP contribution is 2.31. The van der Waals surface area contributed by atoms with Gasteiger partial charge in [-0.2, -0.15) is 4.33 Å². The summed E-state index contributed by atoms with van der Waals surface area (Å²) in [6, 6.07) is 23.0.